The van der Waals surface area contributed by atoms with Crippen LogP contribution in [0, 0.1) is 11.7 Å². The first kappa shape index (κ1) is 23.9. The van der Waals surface area contributed by atoms with Gasteiger partial charge in [0.15, 0.2) is 0 Å². The summed E-state index contributed by atoms with van der Waals surface area (Å²) in [6, 6.07) is 12.1. The molecule has 2 aromatic heterocycles. The second kappa shape index (κ2) is 10.4. The molecule has 1 saturated carbocycles. The molecule has 182 valence electrons. The van der Waals surface area contributed by atoms with E-state index in [2.05, 4.69) is 32.1 Å². The number of aromatic amines is 1. The minimum atomic E-state index is -0.272. The van der Waals surface area contributed by atoms with Crippen molar-refractivity contribution < 1.29 is 4.39 Å². The highest BCUT2D eigenvalue weighted by atomic mass is 35.5. The van der Waals surface area contributed by atoms with Crippen molar-refractivity contribution in [1.82, 2.24) is 30.2 Å². The number of hydrogen-bond acceptors (Lipinski definition) is 4. The predicted molar refractivity (Wildman–Crippen MR) is 140 cm³/mol. The minimum Gasteiger partial charge on any atom is -0.341 e. The van der Waals surface area contributed by atoms with E-state index in [1.807, 2.05) is 49.4 Å². The Kier molecular flexibility index (Phi) is 6.91. The van der Waals surface area contributed by atoms with Crippen molar-refractivity contribution in [3.8, 4) is 16.9 Å². The lowest BCUT2D eigenvalue weighted by molar-refractivity contribution is 0.623. The van der Waals surface area contributed by atoms with Crippen LogP contribution in [-0.2, 0) is 0 Å². The molecule has 6 nitrogen and oxygen atoms in total. The van der Waals surface area contributed by atoms with Crippen molar-refractivity contribution in [2.75, 3.05) is 0 Å². The largest absolute Gasteiger partial charge is 0.341 e. The van der Waals surface area contributed by atoms with Crippen molar-refractivity contribution in [2.45, 2.75) is 32.1 Å². The molecule has 0 spiro atoms. The van der Waals surface area contributed by atoms with Crippen molar-refractivity contribution in [2.24, 2.45) is 5.92 Å². The molecule has 1 fully saturated rings. The van der Waals surface area contributed by atoms with Gasteiger partial charge in [0.2, 0.25) is 0 Å². The van der Waals surface area contributed by atoms with Gasteiger partial charge in [0.05, 0.1) is 17.6 Å². The molecule has 1 atom stereocenters. The monoisotopic (exact) mass is 500 g/mol. The van der Waals surface area contributed by atoms with E-state index >= 15 is 0 Å². The summed E-state index contributed by atoms with van der Waals surface area (Å²) in [5.41, 5.74) is 5.22. The van der Waals surface area contributed by atoms with Crippen molar-refractivity contribution in [3.63, 3.8) is 0 Å². The summed E-state index contributed by atoms with van der Waals surface area (Å²) in [5.74, 6) is 1.28. The summed E-state index contributed by atoms with van der Waals surface area (Å²) in [7, 11) is 0. The molecule has 2 aromatic carbocycles. The Morgan fingerprint density at radius 3 is 2.83 bits per heavy atom. The predicted octanol–water partition coefficient (Wildman–Crippen LogP) is 6.94. The van der Waals surface area contributed by atoms with Crippen LogP contribution in [0.2, 0.25) is 5.02 Å². The number of aromatic nitrogens is 6. The van der Waals surface area contributed by atoms with E-state index in [-0.39, 0.29) is 11.7 Å². The summed E-state index contributed by atoms with van der Waals surface area (Å²) >= 11 is 6.33. The minimum absolute atomic E-state index is 0.0347. The van der Waals surface area contributed by atoms with Gasteiger partial charge in [-0.2, -0.15) is 4.68 Å². The van der Waals surface area contributed by atoms with Crippen molar-refractivity contribution in [1.29, 1.82) is 0 Å². The number of halogens is 2. The lowest BCUT2D eigenvalue weighted by Gasteiger charge is -2.16. The maximum Gasteiger partial charge on any atom is 0.143 e. The first-order valence-electron chi connectivity index (χ1n) is 11.9. The number of H-pyrrole nitrogens is 1. The molecule has 0 aliphatic heterocycles. The molecule has 1 aliphatic carbocycles. The smallest absolute Gasteiger partial charge is 0.143 e. The number of tetrazole rings is 1. The second-order valence-electron chi connectivity index (χ2n) is 8.99. The number of imidazole rings is 1. The van der Waals surface area contributed by atoms with Crippen LogP contribution in [0.5, 0.6) is 0 Å². The van der Waals surface area contributed by atoms with E-state index in [4.69, 9.17) is 11.6 Å². The van der Waals surface area contributed by atoms with Gasteiger partial charge in [0.1, 0.15) is 18.0 Å². The molecule has 0 amide bonds. The Morgan fingerprint density at radius 2 is 2.11 bits per heavy atom. The van der Waals surface area contributed by atoms with Crippen LogP contribution < -0.4 is 0 Å². The first-order valence-corrected chi connectivity index (χ1v) is 12.3. The van der Waals surface area contributed by atoms with Crippen LogP contribution in [0.15, 0.2) is 85.4 Å². The van der Waals surface area contributed by atoms with Crippen molar-refractivity contribution in [3.05, 3.63) is 108 Å². The van der Waals surface area contributed by atoms with Crippen LogP contribution in [0.1, 0.15) is 43.5 Å². The van der Waals surface area contributed by atoms with Gasteiger partial charge in [-0.15, -0.1) is 5.10 Å². The number of nitrogens with zero attached hydrogens (tertiary/aromatic N) is 5. The van der Waals surface area contributed by atoms with Crippen LogP contribution in [0.25, 0.3) is 22.5 Å². The molecule has 2 heterocycles. The highest BCUT2D eigenvalue weighted by Gasteiger charge is 2.29. The zero-order chi connectivity index (χ0) is 25.1. The lowest BCUT2D eigenvalue weighted by atomic mass is 9.92. The van der Waals surface area contributed by atoms with Crippen LogP contribution in [-0.4, -0.2) is 30.2 Å². The molecule has 0 bridgehead atoms. The molecule has 1 N–H and O–H groups in total. The van der Waals surface area contributed by atoms with E-state index in [0.717, 1.165) is 45.9 Å². The standard InChI is InChI=1S/C28H26ClFN6/c1-3-20(25-15-22(29)11-12-27(25)36-17-32-34-35-36)10-7-18(2)24(13-19-8-9-19)28-31-16-26(33-28)21-5-4-6-23(30)14-21/h3-7,10-12,14-17,19,24H,2,8-9,13H2,1H3,(H,31,33)/b10-7-,20-3+. The second-order valence-corrected chi connectivity index (χ2v) is 9.43. The Balaban J connectivity index is 1.42. The first-order chi connectivity index (χ1) is 17.5. The fourth-order valence-electron chi connectivity index (χ4n) is 4.31. The number of benzene rings is 2. The Morgan fingerprint density at radius 1 is 1.25 bits per heavy atom. The van der Waals surface area contributed by atoms with Gasteiger partial charge >= 0.3 is 0 Å². The Hall–Kier alpha value is -3.84. The van der Waals surface area contributed by atoms with E-state index in [9.17, 15) is 4.39 Å². The average Bonchev–Trinajstić information content (AvgIpc) is 3.31. The zero-order valence-electron chi connectivity index (χ0n) is 19.9. The maximum absolute atomic E-state index is 13.7. The summed E-state index contributed by atoms with van der Waals surface area (Å²) in [4.78, 5) is 8.07. The quantitative estimate of drug-likeness (QED) is 0.252. The lowest BCUT2D eigenvalue weighted by Crippen LogP contribution is -2.04. The van der Waals surface area contributed by atoms with E-state index in [1.54, 1.807) is 23.3 Å². The van der Waals surface area contributed by atoms with E-state index in [1.165, 1.54) is 25.0 Å². The molecule has 36 heavy (non-hydrogen) atoms. The molecule has 1 aliphatic rings. The zero-order valence-corrected chi connectivity index (χ0v) is 20.7. The normalized spacial score (nSPS) is 14.9. The molecule has 5 rings (SSSR count). The SMILES string of the molecule is C=C(/C=C\C(=C/C)c1cc(Cl)ccc1-n1cnnn1)C(CC1CC1)c1ncc(-c2cccc(F)c2)[nH]1. The van der Waals surface area contributed by atoms with Gasteiger partial charge in [0, 0.05) is 22.1 Å². The third kappa shape index (κ3) is 5.36. The van der Waals surface area contributed by atoms with Crippen LogP contribution >= 0.6 is 11.6 Å². The average molecular weight is 501 g/mol. The third-order valence-electron chi connectivity index (χ3n) is 6.43. The summed E-state index contributed by atoms with van der Waals surface area (Å²) in [5, 5.41) is 12.2. The Labute approximate surface area is 214 Å². The van der Waals surface area contributed by atoms with Gasteiger partial charge < -0.3 is 4.98 Å². The van der Waals surface area contributed by atoms with Crippen molar-refractivity contribution >= 4 is 17.2 Å². The number of hydrogen-bond donors (Lipinski definition) is 1. The van der Waals surface area contributed by atoms with Crippen LogP contribution in [0.3, 0.4) is 0 Å². The Bertz CT molecular complexity index is 1430. The van der Waals surface area contributed by atoms with Gasteiger partial charge in [-0.05, 0) is 71.2 Å². The maximum atomic E-state index is 13.7. The highest BCUT2D eigenvalue weighted by molar-refractivity contribution is 6.30. The molecule has 1 unspecified atom stereocenters. The summed E-state index contributed by atoms with van der Waals surface area (Å²) in [6.07, 6.45) is 12.8. The number of nitrogens with one attached hydrogen (secondary N) is 1. The molecule has 0 saturated heterocycles. The van der Waals surface area contributed by atoms with E-state index < -0.39 is 0 Å². The van der Waals surface area contributed by atoms with Gasteiger partial charge in [0.25, 0.3) is 0 Å². The third-order valence-corrected chi connectivity index (χ3v) is 6.66. The van der Waals surface area contributed by atoms with Gasteiger partial charge in [-0.3, -0.25) is 0 Å². The number of allylic oxidation sites excluding steroid dienone is 5. The fourth-order valence-corrected chi connectivity index (χ4v) is 4.48. The number of rotatable bonds is 9. The summed E-state index contributed by atoms with van der Waals surface area (Å²) in [6.45, 7) is 6.38. The molecule has 4 aromatic rings. The topological polar surface area (TPSA) is 72.3 Å². The molecule has 8 heteroatoms. The van der Waals surface area contributed by atoms with Crippen LogP contribution in [0.4, 0.5) is 4.39 Å². The fraction of sp³-hybridized carbons (Fsp3) is 0.214. The summed E-state index contributed by atoms with van der Waals surface area (Å²) < 4.78 is 15.4. The molecular weight excluding hydrogens is 475 g/mol. The molecular formula is C28H26ClFN6. The van der Waals surface area contributed by atoms with Gasteiger partial charge in [-0.1, -0.05) is 61.4 Å². The highest BCUT2D eigenvalue weighted by Crippen LogP contribution is 2.41. The molecule has 0 radical (unpaired) electrons. The van der Waals surface area contributed by atoms with E-state index in [0.29, 0.717) is 10.9 Å². The van der Waals surface area contributed by atoms with Gasteiger partial charge in [-0.25, -0.2) is 9.37 Å².